The molecule has 3 aromatic rings. The van der Waals surface area contributed by atoms with E-state index in [1.807, 2.05) is 24.3 Å². The summed E-state index contributed by atoms with van der Waals surface area (Å²) in [4.78, 5) is 25.0. The first-order valence-electron chi connectivity index (χ1n) is 8.30. The first-order valence-corrected chi connectivity index (χ1v) is 8.30. The summed E-state index contributed by atoms with van der Waals surface area (Å²) in [6.07, 6.45) is 6.14. The molecule has 6 nitrogen and oxygen atoms in total. The topological polar surface area (TPSA) is 72.7 Å². The highest BCUT2D eigenvalue weighted by molar-refractivity contribution is 5.94. The van der Waals surface area contributed by atoms with Crippen LogP contribution >= 0.6 is 0 Å². The lowest BCUT2D eigenvalue weighted by atomic mass is 10.1. The molecule has 0 saturated heterocycles. The van der Waals surface area contributed by atoms with Crippen molar-refractivity contribution in [1.29, 1.82) is 0 Å². The molecule has 1 aliphatic heterocycles. The van der Waals surface area contributed by atoms with Crippen LogP contribution in [0.25, 0.3) is 11.2 Å². The number of carbonyl (C=O) groups excluding carboxylic acids is 1. The van der Waals surface area contributed by atoms with E-state index in [0.717, 1.165) is 42.1 Å². The summed E-state index contributed by atoms with van der Waals surface area (Å²) in [5.74, 6) is 1.86. The van der Waals surface area contributed by atoms with Gasteiger partial charge in [0.15, 0.2) is 22.8 Å². The van der Waals surface area contributed by atoms with Crippen LogP contribution in [-0.2, 0) is 13.0 Å². The first-order chi connectivity index (χ1) is 11.7. The Labute approximate surface area is 140 Å². The van der Waals surface area contributed by atoms with E-state index < -0.39 is 0 Å². The molecule has 0 fully saturated rings. The van der Waals surface area contributed by atoms with E-state index in [0.29, 0.717) is 11.4 Å². The van der Waals surface area contributed by atoms with Gasteiger partial charge in [0.2, 0.25) is 0 Å². The molecule has 4 rings (SSSR count). The molecule has 1 aromatic carbocycles. The Morgan fingerprint density at radius 3 is 2.75 bits per heavy atom. The van der Waals surface area contributed by atoms with Crippen LogP contribution in [0.4, 0.5) is 11.5 Å². The summed E-state index contributed by atoms with van der Waals surface area (Å²) in [5, 5.41) is 3.30. The Balaban J connectivity index is 1.70. The van der Waals surface area contributed by atoms with Gasteiger partial charge < -0.3 is 9.88 Å². The maximum absolute atomic E-state index is 11.4. The van der Waals surface area contributed by atoms with Crippen LogP contribution in [0.1, 0.15) is 42.4 Å². The van der Waals surface area contributed by atoms with Crippen molar-refractivity contribution >= 4 is 28.5 Å². The van der Waals surface area contributed by atoms with Gasteiger partial charge in [-0.1, -0.05) is 6.42 Å². The number of aromatic nitrogens is 4. The molecule has 0 bridgehead atoms. The number of nitrogens with one attached hydrogen (secondary N) is 1. The maximum atomic E-state index is 11.4. The fourth-order valence-corrected chi connectivity index (χ4v) is 3.15. The van der Waals surface area contributed by atoms with Gasteiger partial charge in [0.05, 0.1) is 0 Å². The number of hydrogen-bond acceptors (Lipinski definition) is 5. The van der Waals surface area contributed by atoms with Gasteiger partial charge in [0, 0.05) is 24.2 Å². The second-order valence-corrected chi connectivity index (χ2v) is 6.14. The van der Waals surface area contributed by atoms with E-state index in [1.165, 1.54) is 12.8 Å². The van der Waals surface area contributed by atoms with Gasteiger partial charge in [0.25, 0.3) is 0 Å². The highest BCUT2D eigenvalue weighted by Crippen LogP contribution is 2.26. The largest absolute Gasteiger partial charge is 0.338 e. The minimum Gasteiger partial charge on any atom is -0.338 e. The van der Waals surface area contributed by atoms with Gasteiger partial charge in [-0.3, -0.25) is 4.79 Å². The molecule has 1 N–H and O–H groups in total. The lowest BCUT2D eigenvalue weighted by Crippen LogP contribution is -2.02. The van der Waals surface area contributed by atoms with Crippen LogP contribution in [0.5, 0.6) is 0 Å². The summed E-state index contributed by atoms with van der Waals surface area (Å²) in [5.41, 5.74) is 3.28. The molecular weight excluding hydrogens is 302 g/mol. The highest BCUT2D eigenvalue weighted by Gasteiger charge is 2.17. The number of carbonyl (C=O) groups is 1. The van der Waals surface area contributed by atoms with Crippen LogP contribution in [-0.4, -0.2) is 25.3 Å². The molecular formula is C18H19N5O. The predicted molar refractivity (Wildman–Crippen MR) is 92.6 cm³/mol. The summed E-state index contributed by atoms with van der Waals surface area (Å²) >= 11 is 0. The molecule has 0 radical (unpaired) electrons. The van der Waals surface area contributed by atoms with E-state index >= 15 is 0 Å². The third-order valence-electron chi connectivity index (χ3n) is 4.45. The summed E-state index contributed by atoms with van der Waals surface area (Å²) < 4.78 is 2.22. The third kappa shape index (κ3) is 2.64. The van der Waals surface area contributed by atoms with E-state index in [2.05, 4.69) is 19.9 Å². The zero-order chi connectivity index (χ0) is 16.5. The minimum absolute atomic E-state index is 0.0591. The van der Waals surface area contributed by atoms with Crippen molar-refractivity contribution in [1.82, 2.24) is 19.5 Å². The molecule has 1 aliphatic rings. The Morgan fingerprint density at radius 1 is 1.12 bits per heavy atom. The Hall–Kier alpha value is -2.76. The Kier molecular flexibility index (Phi) is 3.72. The van der Waals surface area contributed by atoms with E-state index in [4.69, 9.17) is 4.98 Å². The van der Waals surface area contributed by atoms with Gasteiger partial charge in [-0.2, -0.15) is 0 Å². The summed E-state index contributed by atoms with van der Waals surface area (Å²) in [6.45, 7) is 2.53. The number of nitrogens with zero attached hydrogens (tertiary/aromatic N) is 4. The van der Waals surface area contributed by atoms with Gasteiger partial charge in [-0.15, -0.1) is 0 Å². The van der Waals surface area contributed by atoms with Crippen molar-refractivity contribution in [3.05, 3.63) is 42.0 Å². The van der Waals surface area contributed by atoms with E-state index in [1.54, 1.807) is 13.3 Å². The lowest BCUT2D eigenvalue weighted by molar-refractivity contribution is 0.101. The number of Topliss-reactive ketones (excluding diaryl/α,β-unsaturated/α-hetero) is 1. The number of fused-ring (bicyclic) bond motifs is 3. The van der Waals surface area contributed by atoms with E-state index in [-0.39, 0.29) is 5.78 Å². The molecule has 0 saturated carbocycles. The summed E-state index contributed by atoms with van der Waals surface area (Å²) in [7, 11) is 0. The number of anilines is 2. The van der Waals surface area contributed by atoms with Crippen molar-refractivity contribution in [3.63, 3.8) is 0 Å². The smallest absolute Gasteiger partial charge is 0.165 e. The van der Waals surface area contributed by atoms with E-state index in [9.17, 15) is 4.79 Å². The average molecular weight is 321 g/mol. The third-order valence-corrected chi connectivity index (χ3v) is 4.45. The van der Waals surface area contributed by atoms with Crippen molar-refractivity contribution in [3.8, 4) is 0 Å². The predicted octanol–water partition coefficient (Wildman–Crippen LogP) is 3.50. The number of rotatable bonds is 3. The Morgan fingerprint density at radius 2 is 1.96 bits per heavy atom. The number of aryl methyl sites for hydroxylation is 2. The first kappa shape index (κ1) is 14.8. The molecule has 0 spiro atoms. The number of imidazole rings is 1. The fourth-order valence-electron chi connectivity index (χ4n) is 3.15. The quantitative estimate of drug-likeness (QED) is 0.747. The lowest BCUT2D eigenvalue weighted by Gasteiger charge is -2.07. The van der Waals surface area contributed by atoms with Crippen molar-refractivity contribution in [2.24, 2.45) is 0 Å². The molecule has 122 valence electrons. The number of hydrogen-bond donors (Lipinski definition) is 1. The second-order valence-electron chi connectivity index (χ2n) is 6.14. The number of benzene rings is 1. The average Bonchev–Trinajstić information content (AvgIpc) is 2.78. The van der Waals surface area contributed by atoms with Crippen LogP contribution in [0.2, 0.25) is 0 Å². The van der Waals surface area contributed by atoms with Crippen LogP contribution < -0.4 is 5.32 Å². The molecule has 0 unspecified atom stereocenters. The molecule has 6 heteroatoms. The SMILES string of the molecule is CC(=O)c1ccc(Nc2ncnc3c2nc2n3CCCCC2)cc1. The normalized spacial score (nSPS) is 14.2. The fraction of sp³-hybridized carbons (Fsp3) is 0.333. The number of ketones is 1. The molecule has 0 amide bonds. The van der Waals surface area contributed by atoms with Gasteiger partial charge in [-0.25, -0.2) is 15.0 Å². The van der Waals surface area contributed by atoms with Crippen molar-refractivity contribution in [2.75, 3.05) is 5.32 Å². The molecule has 3 heterocycles. The second kappa shape index (κ2) is 6.03. The maximum Gasteiger partial charge on any atom is 0.165 e. The molecule has 0 aliphatic carbocycles. The highest BCUT2D eigenvalue weighted by atomic mass is 16.1. The van der Waals surface area contributed by atoms with Crippen LogP contribution in [0.15, 0.2) is 30.6 Å². The van der Waals surface area contributed by atoms with Crippen LogP contribution in [0.3, 0.4) is 0 Å². The Bertz CT molecular complexity index is 898. The molecule has 24 heavy (non-hydrogen) atoms. The van der Waals surface area contributed by atoms with Gasteiger partial charge in [0.1, 0.15) is 12.2 Å². The van der Waals surface area contributed by atoms with Gasteiger partial charge in [-0.05, 0) is 44.0 Å². The van der Waals surface area contributed by atoms with Gasteiger partial charge >= 0.3 is 0 Å². The monoisotopic (exact) mass is 321 g/mol. The standard InChI is InChI=1S/C18H19N5O/c1-12(24)13-6-8-14(9-7-13)21-17-16-18(20-11-19-17)23-10-4-2-3-5-15(23)22-16/h6-9,11H,2-5,10H2,1H3,(H,19,20,21). The molecule has 2 aromatic heterocycles. The minimum atomic E-state index is 0.0591. The van der Waals surface area contributed by atoms with Crippen molar-refractivity contribution in [2.45, 2.75) is 39.2 Å². The van der Waals surface area contributed by atoms with Crippen LogP contribution in [0, 0.1) is 0 Å². The zero-order valence-electron chi connectivity index (χ0n) is 13.6. The molecule has 0 atom stereocenters. The van der Waals surface area contributed by atoms with Crippen molar-refractivity contribution < 1.29 is 4.79 Å². The zero-order valence-corrected chi connectivity index (χ0v) is 13.6. The summed E-state index contributed by atoms with van der Waals surface area (Å²) in [6, 6.07) is 7.38.